The highest BCUT2D eigenvalue weighted by atomic mass is 35.5. The number of nitrogens with one attached hydrogen (secondary N) is 2. The standard InChI is InChI=1S/C24H23N4O4PS2.ClH/c25-16-4-18-34(29,30)23-12-8-20(9-13-23)27-33(22-6-2-1-3-7-22)28-21-10-14-24(15-11-21)35(31,32)19-5-17-26;/h1-3,6-15,27-28H,4-5,18-19H2;1H. The van der Waals surface area contributed by atoms with Crippen LogP contribution in [0.4, 0.5) is 11.4 Å². The highest BCUT2D eigenvalue weighted by molar-refractivity contribution is 7.91. The molecule has 3 aromatic carbocycles. The lowest BCUT2D eigenvalue weighted by Crippen LogP contribution is -2.13. The molecular weight excluding hydrogens is 539 g/mol. The minimum absolute atomic E-state index is 0. The van der Waals surface area contributed by atoms with Crippen LogP contribution in [0.15, 0.2) is 88.7 Å². The van der Waals surface area contributed by atoms with Crippen LogP contribution in [0.2, 0.25) is 0 Å². The molecule has 188 valence electrons. The van der Waals surface area contributed by atoms with Gasteiger partial charge in [-0.25, -0.2) is 16.8 Å². The summed E-state index contributed by atoms with van der Waals surface area (Å²) in [4.78, 5) is 0.312. The van der Waals surface area contributed by atoms with E-state index in [-0.39, 0.29) is 46.5 Å². The van der Waals surface area contributed by atoms with Gasteiger partial charge in [-0.2, -0.15) is 10.5 Å². The Morgan fingerprint density at radius 3 is 1.39 bits per heavy atom. The second-order valence-corrected chi connectivity index (χ2v) is 13.3. The maximum atomic E-state index is 12.3. The van der Waals surface area contributed by atoms with Crippen molar-refractivity contribution in [3.63, 3.8) is 0 Å². The number of rotatable bonds is 11. The summed E-state index contributed by atoms with van der Waals surface area (Å²) in [5, 5.41) is 25.1. The van der Waals surface area contributed by atoms with Crippen LogP contribution in [-0.2, 0) is 19.7 Å². The van der Waals surface area contributed by atoms with Crippen molar-refractivity contribution in [2.24, 2.45) is 0 Å². The van der Waals surface area contributed by atoms with Crippen molar-refractivity contribution in [2.45, 2.75) is 22.6 Å². The Morgan fingerprint density at radius 1 is 0.639 bits per heavy atom. The van der Waals surface area contributed by atoms with Crippen LogP contribution in [0, 0.1) is 22.7 Å². The van der Waals surface area contributed by atoms with Crippen molar-refractivity contribution >= 4 is 57.0 Å². The largest absolute Gasteiger partial charge is 0.344 e. The number of nitriles is 2. The summed E-state index contributed by atoms with van der Waals surface area (Å²) < 4.78 is 49.2. The average molecular weight is 563 g/mol. The second-order valence-electron chi connectivity index (χ2n) is 7.40. The van der Waals surface area contributed by atoms with E-state index in [0.717, 1.165) is 5.30 Å². The maximum Gasteiger partial charge on any atom is 0.179 e. The zero-order valence-electron chi connectivity index (χ0n) is 19.0. The molecule has 0 heterocycles. The van der Waals surface area contributed by atoms with Gasteiger partial charge in [0, 0.05) is 29.5 Å². The fraction of sp³-hybridized carbons (Fsp3) is 0.167. The lowest BCUT2D eigenvalue weighted by Gasteiger charge is -2.22. The van der Waals surface area contributed by atoms with Gasteiger partial charge in [0.15, 0.2) is 19.7 Å². The van der Waals surface area contributed by atoms with Gasteiger partial charge in [0.25, 0.3) is 0 Å². The van der Waals surface area contributed by atoms with Crippen LogP contribution in [0.25, 0.3) is 0 Å². The molecule has 0 saturated heterocycles. The van der Waals surface area contributed by atoms with Crippen LogP contribution in [0.1, 0.15) is 12.8 Å². The van der Waals surface area contributed by atoms with Gasteiger partial charge in [-0.15, -0.1) is 12.4 Å². The van der Waals surface area contributed by atoms with E-state index in [1.807, 2.05) is 42.5 Å². The van der Waals surface area contributed by atoms with Crippen LogP contribution < -0.4 is 15.5 Å². The molecule has 0 amide bonds. The third-order valence-electron chi connectivity index (χ3n) is 4.89. The summed E-state index contributed by atoms with van der Waals surface area (Å²) in [5.74, 6) is -0.451. The summed E-state index contributed by atoms with van der Waals surface area (Å²) in [6.45, 7) is 0. The lowest BCUT2D eigenvalue weighted by molar-refractivity contribution is 0.594. The number of hydrogen-bond donors (Lipinski definition) is 2. The van der Waals surface area contributed by atoms with Crippen molar-refractivity contribution in [2.75, 3.05) is 21.7 Å². The first-order chi connectivity index (χ1) is 16.7. The average Bonchev–Trinajstić information content (AvgIpc) is 2.87. The van der Waals surface area contributed by atoms with Gasteiger partial charge in [-0.05, 0) is 48.5 Å². The first kappa shape index (κ1) is 29.1. The highest BCUT2D eigenvalue weighted by Gasteiger charge is 2.17. The first-order valence-corrected chi connectivity index (χ1v) is 15.2. The van der Waals surface area contributed by atoms with E-state index in [1.54, 1.807) is 24.3 Å². The van der Waals surface area contributed by atoms with Crippen molar-refractivity contribution in [1.29, 1.82) is 10.5 Å². The van der Waals surface area contributed by atoms with Crippen molar-refractivity contribution in [1.82, 2.24) is 0 Å². The molecule has 0 atom stereocenters. The number of sulfone groups is 2. The van der Waals surface area contributed by atoms with E-state index < -0.39 is 27.9 Å². The zero-order valence-corrected chi connectivity index (χ0v) is 22.4. The van der Waals surface area contributed by atoms with Crippen LogP contribution in [-0.4, -0.2) is 28.3 Å². The molecular formula is C24H24ClN4O4PS2. The monoisotopic (exact) mass is 562 g/mol. The maximum absolute atomic E-state index is 12.3. The van der Waals surface area contributed by atoms with Crippen LogP contribution >= 0.6 is 20.6 Å². The van der Waals surface area contributed by atoms with Gasteiger partial charge in [0.2, 0.25) is 0 Å². The number of hydrogen-bond acceptors (Lipinski definition) is 8. The molecule has 0 fully saturated rings. The van der Waals surface area contributed by atoms with E-state index >= 15 is 0 Å². The molecule has 3 rings (SSSR count). The molecule has 8 nitrogen and oxygen atoms in total. The molecule has 12 heteroatoms. The highest BCUT2D eigenvalue weighted by Crippen LogP contribution is 2.36. The molecule has 0 aliphatic rings. The molecule has 0 radical (unpaired) electrons. The molecule has 0 spiro atoms. The summed E-state index contributed by atoms with van der Waals surface area (Å²) >= 11 is 0. The van der Waals surface area contributed by atoms with Gasteiger partial charge in [-0.1, -0.05) is 30.3 Å². The van der Waals surface area contributed by atoms with Crippen molar-refractivity contribution in [3.05, 3.63) is 78.9 Å². The van der Waals surface area contributed by atoms with Crippen LogP contribution in [0.5, 0.6) is 0 Å². The molecule has 3 aromatic rings. The molecule has 0 bridgehead atoms. The Morgan fingerprint density at radius 2 is 1.03 bits per heavy atom. The van der Waals surface area contributed by atoms with Gasteiger partial charge < -0.3 is 10.2 Å². The Hall–Kier alpha value is -3.14. The van der Waals surface area contributed by atoms with E-state index in [2.05, 4.69) is 10.2 Å². The minimum atomic E-state index is -3.52. The minimum Gasteiger partial charge on any atom is -0.344 e. The topological polar surface area (TPSA) is 140 Å². The molecule has 36 heavy (non-hydrogen) atoms. The second kappa shape index (κ2) is 13.2. The summed E-state index contributed by atoms with van der Waals surface area (Å²) in [7, 11) is -8.22. The van der Waals surface area contributed by atoms with Crippen molar-refractivity contribution < 1.29 is 16.8 Å². The number of benzene rings is 3. The Balaban J connectivity index is 0.00000456. The quantitative estimate of drug-likeness (QED) is 0.322. The third-order valence-corrected chi connectivity index (χ3v) is 10.1. The Kier molecular flexibility index (Phi) is 10.7. The van der Waals surface area contributed by atoms with Gasteiger partial charge >= 0.3 is 0 Å². The smallest absolute Gasteiger partial charge is 0.179 e. The van der Waals surface area contributed by atoms with E-state index in [4.69, 9.17) is 10.5 Å². The van der Waals surface area contributed by atoms with Gasteiger partial charge in [-0.3, -0.25) is 0 Å². The molecule has 2 N–H and O–H groups in total. The lowest BCUT2D eigenvalue weighted by atomic mass is 10.3. The zero-order chi connectivity index (χ0) is 25.3. The Bertz CT molecular complexity index is 1340. The summed E-state index contributed by atoms with van der Waals surface area (Å²) in [6, 6.07) is 26.0. The number of nitrogens with zero attached hydrogens (tertiary/aromatic N) is 2. The first-order valence-electron chi connectivity index (χ1n) is 10.5. The van der Waals surface area contributed by atoms with E-state index in [9.17, 15) is 16.8 Å². The summed E-state index contributed by atoms with van der Waals surface area (Å²) in [5.41, 5.74) is 1.39. The predicted molar refractivity (Wildman–Crippen MR) is 145 cm³/mol. The Labute approximate surface area is 219 Å². The fourth-order valence-electron chi connectivity index (χ4n) is 3.06. The third kappa shape index (κ3) is 7.94. The number of halogens is 1. The molecule has 0 saturated carbocycles. The van der Waals surface area contributed by atoms with Gasteiger partial charge in [0.1, 0.15) is 8.22 Å². The van der Waals surface area contributed by atoms with Crippen LogP contribution in [0.3, 0.4) is 0 Å². The fourth-order valence-corrected chi connectivity index (χ4v) is 6.95. The molecule has 0 aromatic heterocycles. The number of anilines is 2. The normalized spacial score (nSPS) is 11.1. The SMILES string of the molecule is Cl.N#CCCS(=O)(=O)c1ccc(NP(Nc2ccc(S(=O)(=O)CCC#N)cc2)c2ccccc2)cc1. The summed E-state index contributed by atoms with van der Waals surface area (Å²) in [6.07, 6.45) is -0.131. The van der Waals surface area contributed by atoms with Crippen molar-refractivity contribution in [3.8, 4) is 12.1 Å². The molecule has 0 unspecified atom stereocenters. The van der Waals surface area contributed by atoms with E-state index in [0.29, 0.717) is 11.4 Å². The van der Waals surface area contributed by atoms with E-state index in [1.165, 1.54) is 24.3 Å². The molecule has 0 aliphatic heterocycles. The van der Waals surface area contributed by atoms with Gasteiger partial charge in [0.05, 0.1) is 33.4 Å². The molecule has 0 aliphatic carbocycles. The predicted octanol–water partition coefficient (Wildman–Crippen LogP) is 4.64.